The highest BCUT2D eigenvalue weighted by Crippen LogP contribution is 2.34. The number of hydrogen-bond donors (Lipinski definition) is 2. The molecule has 1 aromatic rings. The molecule has 2 N–H and O–H groups in total. The van der Waals surface area contributed by atoms with Gasteiger partial charge in [0.25, 0.3) is 0 Å². The molecule has 2 nitrogen and oxygen atoms in total. The molecule has 0 unspecified atom stereocenters. The fourth-order valence-corrected chi connectivity index (χ4v) is 3.41. The summed E-state index contributed by atoms with van der Waals surface area (Å²) in [6.07, 6.45) is 11.4. The van der Waals surface area contributed by atoms with Gasteiger partial charge in [0.2, 0.25) is 0 Å². The molecule has 0 saturated heterocycles. The first kappa shape index (κ1) is 22.9. The van der Waals surface area contributed by atoms with Crippen molar-refractivity contribution in [1.29, 1.82) is 0 Å². The van der Waals surface area contributed by atoms with Gasteiger partial charge in [0.05, 0.1) is 0 Å². The van der Waals surface area contributed by atoms with Crippen molar-refractivity contribution in [3.05, 3.63) is 23.3 Å². The number of benzene rings is 1. The van der Waals surface area contributed by atoms with Crippen LogP contribution in [0.5, 0.6) is 11.5 Å². The van der Waals surface area contributed by atoms with Gasteiger partial charge < -0.3 is 10.2 Å². The molecule has 0 aliphatic carbocycles. The molecular weight excluding hydrogens is 320 g/mol. The van der Waals surface area contributed by atoms with E-state index in [-0.39, 0.29) is 11.5 Å². The Hall–Kier alpha value is -1.18. The maximum Gasteiger partial charge on any atom is 0.160 e. The van der Waals surface area contributed by atoms with Crippen molar-refractivity contribution < 1.29 is 10.2 Å². The second-order valence-corrected chi connectivity index (χ2v) is 9.92. The molecule has 0 spiro atoms. The average molecular weight is 363 g/mol. The molecule has 150 valence electrons. The summed E-state index contributed by atoms with van der Waals surface area (Å²) in [6, 6.07) is 3.65. The van der Waals surface area contributed by atoms with Crippen molar-refractivity contribution in [2.75, 3.05) is 0 Å². The standard InChI is InChI=1S/C24H42O2/c1-7-24(5,6)18-12-10-13-19-15-16-21(25)22(26)20(19)14-9-8-11-17-23(2,3)4/h15-16,25-26H,7-14,17-18H2,1-6H3. The van der Waals surface area contributed by atoms with E-state index in [2.05, 4.69) is 41.5 Å². The van der Waals surface area contributed by atoms with Gasteiger partial charge in [0.1, 0.15) is 0 Å². The van der Waals surface area contributed by atoms with Crippen molar-refractivity contribution >= 4 is 0 Å². The molecule has 0 atom stereocenters. The van der Waals surface area contributed by atoms with Crippen LogP contribution in [-0.2, 0) is 12.8 Å². The fraction of sp³-hybridized carbons (Fsp3) is 0.750. The molecule has 0 bridgehead atoms. The largest absolute Gasteiger partial charge is 0.504 e. The highest BCUT2D eigenvalue weighted by Gasteiger charge is 2.16. The van der Waals surface area contributed by atoms with Crippen LogP contribution in [0.25, 0.3) is 0 Å². The third-order valence-corrected chi connectivity index (χ3v) is 5.72. The predicted molar refractivity (Wildman–Crippen MR) is 113 cm³/mol. The lowest BCUT2D eigenvalue weighted by atomic mass is 9.84. The number of unbranched alkanes of at least 4 members (excludes halogenated alkanes) is 3. The van der Waals surface area contributed by atoms with Gasteiger partial charge >= 0.3 is 0 Å². The number of rotatable bonds is 11. The van der Waals surface area contributed by atoms with Gasteiger partial charge in [0.15, 0.2) is 11.5 Å². The Balaban J connectivity index is 2.57. The van der Waals surface area contributed by atoms with Crippen LogP contribution < -0.4 is 0 Å². The van der Waals surface area contributed by atoms with Crippen LogP contribution in [0.15, 0.2) is 12.1 Å². The van der Waals surface area contributed by atoms with Crippen LogP contribution in [0.3, 0.4) is 0 Å². The van der Waals surface area contributed by atoms with Crippen LogP contribution in [0, 0.1) is 10.8 Å². The number of phenolic OH excluding ortho intramolecular Hbond substituents is 2. The molecular formula is C24H42O2. The van der Waals surface area contributed by atoms with Crippen molar-refractivity contribution in [2.45, 2.75) is 106 Å². The van der Waals surface area contributed by atoms with Gasteiger partial charge in [0, 0.05) is 5.56 Å². The quantitative estimate of drug-likeness (QED) is 0.318. The predicted octanol–water partition coefficient (Wildman–Crippen LogP) is 7.40. The van der Waals surface area contributed by atoms with Gasteiger partial charge in [-0.2, -0.15) is 0 Å². The Kier molecular flexibility index (Phi) is 9.00. The van der Waals surface area contributed by atoms with E-state index in [4.69, 9.17) is 0 Å². The molecule has 26 heavy (non-hydrogen) atoms. The van der Waals surface area contributed by atoms with Crippen LogP contribution >= 0.6 is 0 Å². The third-order valence-electron chi connectivity index (χ3n) is 5.72. The van der Waals surface area contributed by atoms with Crippen molar-refractivity contribution in [2.24, 2.45) is 10.8 Å². The molecule has 0 aliphatic rings. The molecule has 0 heterocycles. The number of aromatic hydroxyl groups is 2. The Labute approximate surface area is 162 Å². The van der Waals surface area contributed by atoms with Gasteiger partial charge in [-0.1, -0.05) is 73.3 Å². The lowest BCUT2D eigenvalue weighted by molar-refractivity contribution is 0.309. The first-order valence-electron chi connectivity index (χ1n) is 10.6. The number of aryl methyl sites for hydroxylation is 1. The zero-order valence-corrected chi connectivity index (χ0v) is 18.1. The minimum Gasteiger partial charge on any atom is -0.504 e. The molecule has 0 aliphatic heterocycles. The third kappa shape index (κ3) is 8.47. The number of hydrogen-bond acceptors (Lipinski definition) is 2. The van der Waals surface area contributed by atoms with Gasteiger partial charge in [-0.05, 0) is 61.0 Å². The summed E-state index contributed by atoms with van der Waals surface area (Å²) in [4.78, 5) is 0. The summed E-state index contributed by atoms with van der Waals surface area (Å²) in [7, 11) is 0. The summed E-state index contributed by atoms with van der Waals surface area (Å²) in [5, 5.41) is 20.2. The molecule has 0 amide bonds. The second-order valence-electron chi connectivity index (χ2n) is 9.92. The van der Waals surface area contributed by atoms with Crippen LogP contribution in [0.4, 0.5) is 0 Å². The summed E-state index contributed by atoms with van der Waals surface area (Å²) in [6.45, 7) is 13.8. The summed E-state index contributed by atoms with van der Waals surface area (Å²) >= 11 is 0. The van der Waals surface area contributed by atoms with Crippen LogP contribution in [0.1, 0.15) is 104 Å². The highest BCUT2D eigenvalue weighted by molar-refractivity contribution is 5.49. The first-order chi connectivity index (χ1) is 12.1. The molecule has 1 rings (SSSR count). The normalized spacial score (nSPS) is 12.5. The van der Waals surface area contributed by atoms with E-state index in [1.165, 1.54) is 44.1 Å². The summed E-state index contributed by atoms with van der Waals surface area (Å²) in [5.41, 5.74) is 3.00. The van der Waals surface area contributed by atoms with E-state index in [1.807, 2.05) is 6.07 Å². The maximum absolute atomic E-state index is 10.3. The Bertz CT molecular complexity index is 538. The Morgan fingerprint density at radius 1 is 0.769 bits per heavy atom. The monoisotopic (exact) mass is 362 g/mol. The number of phenols is 2. The van der Waals surface area contributed by atoms with E-state index in [9.17, 15) is 10.2 Å². The lowest BCUT2D eigenvalue weighted by Crippen LogP contribution is -2.09. The molecule has 2 heteroatoms. The molecule has 0 aromatic heterocycles. The second kappa shape index (κ2) is 10.2. The average Bonchev–Trinajstić information content (AvgIpc) is 2.55. The van der Waals surface area contributed by atoms with E-state index >= 15 is 0 Å². The van der Waals surface area contributed by atoms with Crippen molar-refractivity contribution in [1.82, 2.24) is 0 Å². The van der Waals surface area contributed by atoms with Crippen LogP contribution in [-0.4, -0.2) is 10.2 Å². The molecule has 1 aromatic carbocycles. The van der Waals surface area contributed by atoms with Crippen molar-refractivity contribution in [3.8, 4) is 11.5 Å². The van der Waals surface area contributed by atoms with E-state index < -0.39 is 0 Å². The maximum atomic E-state index is 10.3. The summed E-state index contributed by atoms with van der Waals surface area (Å²) in [5.74, 6) is 0.123. The zero-order chi connectivity index (χ0) is 19.8. The van der Waals surface area contributed by atoms with Gasteiger partial charge in [-0.3, -0.25) is 0 Å². The van der Waals surface area contributed by atoms with Gasteiger partial charge in [-0.25, -0.2) is 0 Å². The molecule has 0 radical (unpaired) electrons. The summed E-state index contributed by atoms with van der Waals surface area (Å²) < 4.78 is 0. The minimum absolute atomic E-state index is 0.0190. The fourth-order valence-electron chi connectivity index (χ4n) is 3.41. The topological polar surface area (TPSA) is 40.5 Å². The van der Waals surface area contributed by atoms with E-state index in [0.29, 0.717) is 10.8 Å². The first-order valence-corrected chi connectivity index (χ1v) is 10.6. The Morgan fingerprint density at radius 2 is 1.38 bits per heavy atom. The van der Waals surface area contributed by atoms with E-state index in [1.54, 1.807) is 6.07 Å². The zero-order valence-electron chi connectivity index (χ0n) is 18.1. The van der Waals surface area contributed by atoms with Crippen molar-refractivity contribution in [3.63, 3.8) is 0 Å². The lowest BCUT2D eigenvalue weighted by Gasteiger charge is -2.22. The highest BCUT2D eigenvalue weighted by atomic mass is 16.3. The Morgan fingerprint density at radius 3 is 2.00 bits per heavy atom. The van der Waals surface area contributed by atoms with E-state index in [0.717, 1.165) is 31.2 Å². The SMILES string of the molecule is CCC(C)(C)CCCCc1ccc(O)c(O)c1CCCCCC(C)(C)C. The van der Waals surface area contributed by atoms with Crippen LogP contribution in [0.2, 0.25) is 0 Å². The smallest absolute Gasteiger partial charge is 0.160 e. The van der Waals surface area contributed by atoms with Gasteiger partial charge in [-0.15, -0.1) is 0 Å². The minimum atomic E-state index is 0.0190. The molecule has 0 fully saturated rings. The molecule has 0 saturated carbocycles.